The summed E-state index contributed by atoms with van der Waals surface area (Å²) < 4.78 is 0. The number of aryl methyl sites for hydroxylation is 1. The molecule has 0 radical (unpaired) electrons. The van der Waals surface area contributed by atoms with Crippen LogP contribution in [0.2, 0.25) is 0 Å². The van der Waals surface area contributed by atoms with E-state index in [1.54, 1.807) is 24.3 Å². The van der Waals surface area contributed by atoms with Gasteiger partial charge in [0.2, 0.25) is 0 Å². The van der Waals surface area contributed by atoms with Gasteiger partial charge in [-0.2, -0.15) is 5.10 Å². The van der Waals surface area contributed by atoms with Crippen LogP contribution in [-0.4, -0.2) is 56.8 Å². The Balaban J connectivity index is 1.72. The number of benzene rings is 1. The summed E-state index contributed by atoms with van der Waals surface area (Å²) in [5.41, 5.74) is 3.50. The molecule has 1 amide bonds. The fraction of sp³-hybridized carbons (Fsp3) is 0.409. The number of aromatic amines is 1. The molecule has 29 heavy (non-hydrogen) atoms. The largest absolute Gasteiger partial charge is 0.508 e. The van der Waals surface area contributed by atoms with Gasteiger partial charge in [-0.25, -0.2) is 4.98 Å². The van der Waals surface area contributed by atoms with Gasteiger partial charge in [0.15, 0.2) is 5.65 Å². The van der Waals surface area contributed by atoms with Crippen LogP contribution in [0.3, 0.4) is 0 Å². The molecule has 0 unspecified atom stereocenters. The molecule has 1 fully saturated rings. The molecule has 0 bridgehead atoms. The number of aromatic nitrogens is 3. The monoisotopic (exact) mass is 393 g/mol. The van der Waals surface area contributed by atoms with Gasteiger partial charge in [-0.3, -0.25) is 9.89 Å². The summed E-state index contributed by atoms with van der Waals surface area (Å²) in [6, 6.07) is 8.99. The molecule has 7 nitrogen and oxygen atoms in total. The van der Waals surface area contributed by atoms with Crippen LogP contribution in [0.4, 0.5) is 0 Å². The van der Waals surface area contributed by atoms with Gasteiger partial charge < -0.3 is 15.3 Å². The maximum atomic E-state index is 13.5. The Bertz CT molecular complexity index is 1030. The van der Waals surface area contributed by atoms with E-state index in [1.807, 2.05) is 17.9 Å². The summed E-state index contributed by atoms with van der Waals surface area (Å²) in [6.07, 6.45) is 1.04. The summed E-state index contributed by atoms with van der Waals surface area (Å²) in [5, 5.41) is 21.1. The Hall–Kier alpha value is -2.93. The number of hydrogen-bond acceptors (Lipinski definition) is 5. The van der Waals surface area contributed by atoms with Gasteiger partial charge in [-0.15, -0.1) is 0 Å². The topological polar surface area (TPSA) is 94.1 Å². The second kappa shape index (κ2) is 7.83. The molecule has 1 saturated heterocycles. The molecular formula is C22H27N5O2. The van der Waals surface area contributed by atoms with Crippen molar-refractivity contribution in [1.29, 1.82) is 0 Å². The predicted molar refractivity (Wildman–Crippen MR) is 113 cm³/mol. The van der Waals surface area contributed by atoms with Gasteiger partial charge in [0.1, 0.15) is 5.75 Å². The number of rotatable bonds is 4. The number of nitrogens with one attached hydrogen (secondary N) is 2. The Morgan fingerprint density at radius 2 is 2.07 bits per heavy atom. The second-order valence-electron chi connectivity index (χ2n) is 8.17. The highest BCUT2D eigenvalue weighted by molar-refractivity contribution is 6.07. The molecule has 1 aliphatic rings. The maximum Gasteiger partial charge on any atom is 0.254 e. The summed E-state index contributed by atoms with van der Waals surface area (Å²) in [7, 11) is 0. The van der Waals surface area contributed by atoms with Gasteiger partial charge in [0.05, 0.1) is 22.3 Å². The molecule has 2 aromatic heterocycles. The highest BCUT2D eigenvalue weighted by Crippen LogP contribution is 2.28. The molecule has 0 saturated carbocycles. The minimum Gasteiger partial charge on any atom is -0.508 e. The molecule has 1 atom stereocenters. The van der Waals surface area contributed by atoms with Crippen molar-refractivity contribution in [1.82, 2.24) is 25.4 Å². The van der Waals surface area contributed by atoms with Crippen LogP contribution in [-0.2, 0) is 0 Å². The smallest absolute Gasteiger partial charge is 0.254 e. The number of amides is 1. The van der Waals surface area contributed by atoms with Crippen LogP contribution in [0.15, 0.2) is 30.3 Å². The Morgan fingerprint density at radius 3 is 2.79 bits per heavy atom. The van der Waals surface area contributed by atoms with Crippen LogP contribution in [0.25, 0.3) is 22.3 Å². The normalized spacial score (nSPS) is 17.2. The first-order valence-corrected chi connectivity index (χ1v) is 10.1. The van der Waals surface area contributed by atoms with Crippen molar-refractivity contribution in [2.45, 2.75) is 33.2 Å². The van der Waals surface area contributed by atoms with E-state index in [-0.39, 0.29) is 11.7 Å². The van der Waals surface area contributed by atoms with Gasteiger partial charge in [-0.1, -0.05) is 13.8 Å². The summed E-state index contributed by atoms with van der Waals surface area (Å²) in [6.45, 7) is 8.47. The number of phenolic OH excluding ortho intramolecular Hbond substituents is 1. The standard InChI is InChI=1S/C22H27N5O2/c1-13(2)10-16-12-27(9-8-23-16)22(29)18-11-19(15-4-6-17(28)7-5-15)24-21-20(18)14(3)25-26-21/h4-7,11,13,16,23,28H,8-10,12H2,1-3H3,(H,24,25,26)/t16-/m0/s1. The lowest BCUT2D eigenvalue weighted by Gasteiger charge is -2.34. The average molecular weight is 393 g/mol. The zero-order valence-electron chi connectivity index (χ0n) is 17.1. The Morgan fingerprint density at radius 1 is 1.31 bits per heavy atom. The first-order valence-electron chi connectivity index (χ1n) is 10.1. The molecule has 0 spiro atoms. The quantitative estimate of drug-likeness (QED) is 0.633. The third-order valence-electron chi connectivity index (χ3n) is 5.40. The van der Waals surface area contributed by atoms with Gasteiger partial charge >= 0.3 is 0 Å². The zero-order valence-corrected chi connectivity index (χ0v) is 17.1. The van der Waals surface area contributed by atoms with Crippen molar-refractivity contribution in [3.05, 3.63) is 41.6 Å². The molecule has 1 aliphatic heterocycles. The number of pyridine rings is 1. The maximum absolute atomic E-state index is 13.5. The van der Waals surface area contributed by atoms with Crippen LogP contribution >= 0.6 is 0 Å². The van der Waals surface area contributed by atoms with Crippen molar-refractivity contribution in [2.75, 3.05) is 19.6 Å². The first-order chi connectivity index (χ1) is 13.9. The number of nitrogens with zero attached hydrogens (tertiary/aromatic N) is 3. The van der Waals surface area contributed by atoms with Crippen molar-refractivity contribution in [3.63, 3.8) is 0 Å². The summed E-state index contributed by atoms with van der Waals surface area (Å²) in [4.78, 5) is 20.1. The van der Waals surface area contributed by atoms with E-state index in [0.717, 1.165) is 29.6 Å². The highest BCUT2D eigenvalue weighted by atomic mass is 16.3. The van der Waals surface area contributed by atoms with E-state index >= 15 is 0 Å². The highest BCUT2D eigenvalue weighted by Gasteiger charge is 2.27. The molecule has 3 aromatic rings. The molecule has 3 N–H and O–H groups in total. The second-order valence-corrected chi connectivity index (χ2v) is 8.17. The molecule has 7 heteroatoms. The van der Waals surface area contributed by atoms with Crippen LogP contribution < -0.4 is 5.32 Å². The summed E-state index contributed by atoms with van der Waals surface area (Å²) >= 11 is 0. The lowest BCUT2D eigenvalue weighted by molar-refractivity contribution is 0.0696. The minimum atomic E-state index is 0.0113. The minimum absolute atomic E-state index is 0.0113. The van der Waals surface area contributed by atoms with E-state index < -0.39 is 0 Å². The van der Waals surface area contributed by atoms with Crippen LogP contribution in [0, 0.1) is 12.8 Å². The van der Waals surface area contributed by atoms with E-state index in [4.69, 9.17) is 0 Å². The number of fused-ring (bicyclic) bond motifs is 1. The van der Waals surface area contributed by atoms with E-state index in [0.29, 0.717) is 42.0 Å². The van der Waals surface area contributed by atoms with Gasteiger partial charge in [0, 0.05) is 31.2 Å². The first kappa shape index (κ1) is 19.4. The molecule has 1 aromatic carbocycles. The van der Waals surface area contributed by atoms with Gasteiger partial charge in [-0.05, 0) is 49.6 Å². The number of hydrogen-bond donors (Lipinski definition) is 3. The average Bonchev–Trinajstić information content (AvgIpc) is 3.08. The van der Waals surface area contributed by atoms with E-state index in [1.165, 1.54) is 0 Å². The van der Waals surface area contributed by atoms with Crippen molar-refractivity contribution in [3.8, 4) is 17.0 Å². The van der Waals surface area contributed by atoms with Gasteiger partial charge in [0.25, 0.3) is 5.91 Å². The van der Waals surface area contributed by atoms with Crippen molar-refractivity contribution in [2.24, 2.45) is 5.92 Å². The fourth-order valence-corrected chi connectivity index (χ4v) is 4.04. The molecule has 0 aliphatic carbocycles. The number of H-pyrrole nitrogens is 1. The fourth-order valence-electron chi connectivity index (χ4n) is 4.04. The zero-order chi connectivity index (χ0) is 20.5. The van der Waals surface area contributed by atoms with Crippen LogP contribution in [0.5, 0.6) is 5.75 Å². The van der Waals surface area contributed by atoms with Crippen molar-refractivity contribution >= 4 is 16.9 Å². The van der Waals surface area contributed by atoms with Crippen molar-refractivity contribution < 1.29 is 9.90 Å². The number of carbonyl (C=O) groups excluding carboxylic acids is 1. The SMILES string of the molecule is Cc1n[nH]c2nc(-c3ccc(O)cc3)cc(C(=O)N3CCN[C@@H](CC(C)C)C3)c12. The molecule has 3 heterocycles. The lowest BCUT2D eigenvalue weighted by Crippen LogP contribution is -2.53. The van der Waals surface area contributed by atoms with E-state index in [2.05, 4.69) is 34.3 Å². The predicted octanol–water partition coefficient (Wildman–Crippen LogP) is 3.10. The molecule has 4 rings (SSSR count). The summed E-state index contributed by atoms with van der Waals surface area (Å²) in [5.74, 6) is 0.783. The number of piperazine rings is 1. The third kappa shape index (κ3) is 3.96. The Kier molecular flexibility index (Phi) is 5.24. The van der Waals surface area contributed by atoms with E-state index in [9.17, 15) is 9.90 Å². The number of phenols is 1. The molecule has 152 valence electrons. The van der Waals surface area contributed by atoms with Crippen LogP contribution in [0.1, 0.15) is 36.3 Å². The third-order valence-corrected chi connectivity index (χ3v) is 5.40. The number of carbonyl (C=O) groups is 1. The lowest BCUT2D eigenvalue weighted by atomic mass is 10.0. The molecular weight excluding hydrogens is 366 g/mol. The number of aromatic hydroxyl groups is 1. The Labute approximate surface area is 170 Å².